The van der Waals surface area contributed by atoms with Gasteiger partial charge in [0.2, 0.25) is 0 Å². The van der Waals surface area contributed by atoms with Crippen molar-refractivity contribution in [3.63, 3.8) is 0 Å². The molecule has 0 saturated carbocycles. The van der Waals surface area contributed by atoms with E-state index in [1.54, 1.807) is 42.6 Å². The van der Waals surface area contributed by atoms with Gasteiger partial charge in [-0.3, -0.25) is 9.78 Å². The third-order valence-electron chi connectivity index (χ3n) is 3.66. The number of halogens is 1. The van der Waals surface area contributed by atoms with Crippen molar-refractivity contribution in [2.45, 2.75) is 6.61 Å². The molecule has 1 heterocycles. The quantitative estimate of drug-likeness (QED) is 0.724. The average molecular weight is 340 g/mol. The molecule has 0 spiro atoms. The first kappa shape index (κ1) is 16.9. The van der Waals surface area contributed by atoms with Gasteiger partial charge >= 0.3 is 0 Å². The lowest BCUT2D eigenvalue weighted by atomic mass is 10.1. The van der Waals surface area contributed by atoms with Gasteiger partial charge in [-0.05, 0) is 42.5 Å². The average Bonchev–Trinajstić information content (AvgIpc) is 2.64. The molecule has 0 fully saturated rings. The Morgan fingerprint density at radius 3 is 2.76 bits per heavy atom. The lowest BCUT2D eigenvalue weighted by molar-refractivity contribution is 0.0944. The molecule has 0 bridgehead atoms. The van der Waals surface area contributed by atoms with Crippen molar-refractivity contribution in [1.29, 1.82) is 0 Å². The number of benzene rings is 2. The van der Waals surface area contributed by atoms with E-state index >= 15 is 0 Å². The second-order valence-corrected chi connectivity index (χ2v) is 5.43. The number of nitrogens with zero attached hydrogens (tertiary/aromatic N) is 1. The molecule has 0 radical (unpaired) electrons. The normalized spacial score (nSPS) is 10.6. The molecule has 0 atom stereocenters. The molecule has 0 saturated heterocycles. The molecule has 5 nitrogen and oxygen atoms in total. The molecule has 3 aromatic rings. The molecule has 6 heteroatoms. The maximum Gasteiger partial charge on any atom is 0.251 e. The van der Waals surface area contributed by atoms with Crippen LogP contribution in [-0.2, 0) is 6.61 Å². The number of pyridine rings is 1. The van der Waals surface area contributed by atoms with Crippen LogP contribution in [0.3, 0.4) is 0 Å². The second kappa shape index (κ2) is 7.72. The van der Waals surface area contributed by atoms with Crippen molar-refractivity contribution in [3.05, 3.63) is 71.7 Å². The highest BCUT2D eigenvalue weighted by molar-refractivity contribution is 5.94. The van der Waals surface area contributed by atoms with E-state index in [1.165, 1.54) is 12.1 Å². The first-order valence-electron chi connectivity index (χ1n) is 7.82. The van der Waals surface area contributed by atoms with Gasteiger partial charge in [0.1, 0.15) is 18.2 Å². The number of rotatable bonds is 6. The van der Waals surface area contributed by atoms with Gasteiger partial charge in [0, 0.05) is 29.3 Å². The molecule has 0 aliphatic carbocycles. The summed E-state index contributed by atoms with van der Waals surface area (Å²) in [6, 6.07) is 13.0. The van der Waals surface area contributed by atoms with Crippen molar-refractivity contribution in [2.24, 2.45) is 0 Å². The van der Waals surface area contributed by atoms with E-state index in [0.717, 1.165) is 5.39 Å². The van der Waals surface area contributed by atoms with Crippen LogP contribution < -0.4 is 10.1 Å². The highest BCUT2D eigenvalue weighted by Crippen LogP contribution is 2.21. The molecular weight excluding hydrogens is 323 g/mol. The van der Waals surface area contributed by atoms with E-state index in [2.05, 4.69) is 10.3 Å². The van der Waals surface area contributed by atoms with E-state index in [-0.39, 0.29) is 31.5 Å². The number of hydrogen-bond acceptors (Lipinski definition) is 4. The van der Waals surface area contributed by atoms with Crippen molar-refractivity contribution in [3.8, 4) is 5.75 Å². The predicted molar refractivity (Wildman–Crippen MR) is 91.9 cm³/mol. The zero-order valence-electron chi connectivity index (χ0n) is 13.4. The number of carbonyl (C=O) groups is 1. The Labute approximate surface area is 144 Å². The summed E-state index contributed by atoms with van der Waals surface area (Å²) in [6.07, 6.45) is 1.66. The molecule has 1 aromatic heterocycles. The maximum atomic E-state index is 13.7. The molecular formula is C19H17FN2O3. The number of nitrogens with one attached hydrogen (secondary N) is 1. The molecule has 0 aliphatic heterocycles. The largest absolute Gasteiger partial charge is 0.489 e. The summed E-state index contributed by atoms with van der Waals surface area (Å²) in [4.78, 5) is 16.0. The van der Waals surface area contributed by atoms with Crippen LogP contribution in [-0.4, -0.2) is 29.1 Å². The molecule has 2 aromatic carbocycles. The van der Waals surface area contributed by atoms with E-state index in [0.29, 0.717) is 22.4 Å². The van der Waals surface area contributed by atoms with E-state index < -0.39 is 0 Å². The number of aliphatic hydroxyl groups is 1. The Morgan fingerprint density at radius 1 is 1.20 bits per heavy atom. The number of fused-ring (bicyclic) bond motifs is 1. The fourth-order valence-corrected chi connectivity index (χ4v) is 2.47. The Bertz CT molecular complexity index is 881. The van der Waals surface area contributed by atoms with Gasteiger partial charge in [0.25, 0.3) is 5.91 Å². The number of aromatic nitrogens is 1. The molecule has 25 heavy (non-hydrogen) atoms. The highest BCUT2D eigenvalue weighted by Gasteiger charge is 2.08. The first-order chi connectivity index (χ1) is 12.2. The molecule has 0 aliphatic rings. The second-order valence-electron chi connectivity index (χ2n) is 5.43. The van der Waals surface area contributed by atoms with Crippen molar-refractivity contribution in [1.82, 2.24) is 10.3 Å². The minimum atomic E-state index is -0.338. The fraction of sp³-hybridized carbons (Fsp3) is 0.158. The summed E-state index contributed by atoms with van der Waals surface area (Å²) < 4.78 is 19.4. The Morgan fingerprint density at radius 2 is 2.00 bits per heavy atom. The Hall–Kier alpha value is -2.99. The van der Waals surface area contributed by atoms with E-state index in [9.17, 15) is 9.18 Å². The number of ether oxygens (including phenoxy) is 1. The number of amides is 1. The predicted octanol–water partition coefficient (Wildman–Crippen LogP) is 2.68. The SMILES string of the molecule is O=C(NCCO)c1ccc(OCc2cc(F)cc3cccnc23)cc1. The third-order valence-corrected chi connectivity index (χ3v) is 3.66. The van der Waals surface area contributed by atoms with Crippen LogP contribution >= 0.6 is 0 Å². The first-order valence-corrected chi connectivity index (χ1v) is 7.82. The summed E-state index contributed by atoms with van der Waals surface area (Å²) in [5.41, 5.74) is 1.82. The minimum Gasteiger partial charge on any atom is -0.489 e. The van der Waals surface area contributed by atoms with Gasteiger partial charge in [-0.2, -0.15) is 0 Å². The van der Waals surface area contributed by atoms with Gasteiger partial charge in [-0.25, -0.2) is 4.39 Å². The van der Waals surface area contributed by atoms with Crippen molar-refractivity contribution >= 4 is 16.8 Å². The minimum absolute atomic E-state index is 0.109. The van der Waals surface area contributed by atoms with Crippen LogP contribution in [0.5, 0.6) is 5.75 Å². The number of hydrogen-bond donors (Lipinski definition) is 2. The summed E-state index contributed by atoms with van der Waals surface area (Å²) in [5.74, 6) is -0.0389. The highest BCUT2D eigenvalue weighted by atomic mass is 19.1. The van der Waals surface area contributed by atoms with Gasteiger partial charge in [-0.15, -0.1) is 0 Å². The van der Waals surface area contributed by atoms with Gasteiger partial charge in [-0.1, -0.05) is 6.07 Å². The smallest absolute Gasteiger partial charge is 0.251 e. The van der Waals surface area contributed by atoms with Crippen molar-refractivity contribution < 1.29 is 19.0 Å². The topological polar surface area (TPSA) is 71.5 Å². The monoisotopic (exact) mass is 340 g/mol. The summed E-state index contributed by atoms with van der Waals surface area (Å²) in [7, 11) is 0. The molecule has 2 N–H and O–H groups in total. The maximum absolute atomic E-state index is 13.7. The summed E-state index contributed by atoms with van der Waals surface area (Å²) in [6.45, 7) is 0.265. The van der Waals surface area contributed by atoms with Crippen molar-refractivity contribution in [2.75, 3.05) is 13.2 Å². The van der Waals surface area contributed by atoms with Crippen LogP contribution in [0.15, 0.2) is 54.7 Å². The van der Waals surface area contributed by atoms with E-state index in [1.807, 2.05) is 0 Å². The zero-order valence-corrected chi connectivity index (χ0v) is 13.4. The van der Waals surface area contributed by atoms with Crippen LogP contribution in [0.2, 0.25) is 0 Å². The Kier molecular flexibility index (Phi) is 5.20. The van der Waals surface area contributed by atoms with Gasteiger partial charge in [0.05, 0.1) is 12.1 Å². The fourth-order valence-electron chi connectivity index (χ4n) is 2.47. The van der Waals surface area contributed by atoms with Crippen LogP contribution in [0.4, 0.5) is 4.39 Å². The van der Waals surface area contributed by atoms with Gasteiger partial charge < -0.3 is 15.2 Å². The lowest BCUT2D eigenvalue weighted by Crippen LogP contribution is -2.26. The van der Waals surface area contributed by atoms with Crippen LogP contribution in [0.25, 0.3) is 10.9 Å². The van der Waals surface area contributed by atoms with Crippen LogP contribution in [0, 0.1) is 5.82 Å². The molecule has 3 rings (SSSR count). The standard InChI is InChI=1S/C19H17FN2O3/c20-16-10-14-2-1-7-21-18(14)15(11-16)12-25-17-5-3-13(4-6-17)19(24)22-8-9-23/h1-7,10-11,23H,8-9,12H2,(H,22,24). The summed E-state index contributed by atoms with van der Waals surface area (Å²) >= 11 is 0. The number of aliphatic hydroxyl groups excluding tert-OH is 1. The molecule has 1 amide bonds. The third kappa shape index (κ3) is 4.10. The zero-order chi connectivity index (χ0) is 17.6. The number of carbonyl (C=O) groups excluding carboxylic acids is 1. The molecule has 0 unspecified atom stereocenters. The molecule has 128 valence electrons. The lowest BCUT2D eigenvalue weighted by Gasteiger charge is -2.10. The summed E-state index contributed by atoms with van der Waals surface area (Å²) in [5, 5.41) is 12.0. The van der Waals surface area contributed by atoms with Gasteiger partial charge in [0.15, 0.2) is 0 Å². The van der Waals surface area contributed by atoms with E-state index in [4.69, 9.17) is 9.84 Å². The Balaban J connectivity index is 1.71. The van der Waals surface area contributed by atoms with Crippen LogP contribution in [0.1, 0.15) is 15.9 Å².